The monoisotopic (exact) mass is 453 g/mol. The fourth-order valence-corrected chi connectivity index (χ4v) is 4.16. The SMILES string of the molecule is Cc1ccc(C2=NN3[C@H](C2)c2cc(Br)ccc2O[C@@H]3c2ccc([N+](=O)[O-])cc2)o1. The molecule has 3 heterocycles. The van der Waals surface area contributed by atoms with Crippen molar-refractivity contribution < 1.29 is 14.1 Å². The molecule has 0 aliphatic carbocycles. The maximum absolute atomic E-state index is 11.0. The summed E-state index contributed by atoms with van der Waals surface area (Å²) in [5.41, 5.74) is 2.74. The highest BCUT2D eigenvalue weighted by molar-refractivity contribution is 9.10. The van der Waals surface area contributed by atoms with Gasteiger partial charge in [-0.05, 0) is 49.4 Å². The average molecular weight is 454 g/mol. The Kier molecular flexibility index (Phi) is 4.16. The Hall–Kier alpha value is -3.13. The van der Waals surface area contributed by atoms with Crippen molar-refractivity contribution in [3.8, 4) is 5.75 Å². The van der Waals surface area contributed by atoms with E-state index in [9.17, 15) is 10.1 Å². The van der Waals surface area contributed by atoms with Gasteiger partial charge in [-0.25, -0.2) is 5.01 Å². The molecule has 0 spiro atoms. The van der Waals surface area contributed by atoms with Crippen molar-refractivity contribution in [2.75, 3.05) is 0 Å². The van der Waals surface area contributed by atoms with Crippen LogP contribution in [0, 0.1) is 17.0 Å². The molecule has 0 saturated carbocycles. The Morgan fingerprint density at radius 2 is 1.97 bits per heavy atom. The van der Waals surface area contributed by atoms with E-state index >= 15 is 0 Å². The molecule has 146 valence electrons. The first kappa shape index (κ1) is 17.9. The van der Waals surface area contributed by atoms with Crippen molar-refractivity contribution in [3.63, 3.8) is 0 Å². The fraction of sp³-hybridized carbons (Fsp3) is 0.190. The summed E-state index contributed by atoms with van der Waals surface area (Å²) in [6.07, 6.45) is 0.200. The number of nitrogens with zero attached hydrogens (tertiary/aromatic N) is 3. The maximum Gasteiger partial charge on any atom is 0.269 e. The maximum atomic E-state index is 11.0. The first-order valence-electron chi connectivity index (χ1n) is 9.13. The third kappa shape index (κ3) is 3.09. The number of ether oxygens (including phenoxy) is 1. The van der Waals surface area contributed by atoms with Crippen LogP contribution < -0.4 is 4.74 Å². The molecule has 0 bridgehead atoms. The van der Waals surface area contributed by atoms with E-state index in [0.717, 1.165) is 38.6 Å². The highest BCUT2D eigenvalue weighted by atomic mass is 79.9. The Labute approximate surface area is 174 Å². The Morgan fingerprint density at radius 3 is 2.66 bits per heavy atom. The van der Waals surface area contributed by atoms with Crippen molar-refractivity contribution >= 4 is 27.3 Å². The molecular formula is C21H16BrN3O4. The molecule has 0 radical (unpaired) electrons. The van der Waals surface area contributed by atoms with Gasteiger partial charge in [0.15, 0.2) is 0 Å². The normalized spacial score (nSPS) is 19.9. The van der Waals surface area contributed by atoms with Crippen LogP contribution in [0.15, 0.2) is 68.6 Å². The summed E-state index contributed by atoms with van der Waals surface area (Å²) in [7, 11) is 0. The summed E-state index contributed by atoms with van der Waals surface area (Å²) in [6.45, 7) is 1.90. The van der Waals surface area contributed by atoms with Crippen molar-refractivity contribution in [3.05, 3.63) is 91.8 Å². The number of fused-ring (bicyclic) bond motifs is 3. The lowest BCUT2D eigenvalue weighted by Crippen LogP contribution is -2.33. The number of furan rings is 1. The van der Waals surface area contributed by atoms with E-state index in [1.807, 2.05) is 42.3 Å². The number of hydrazone groups is 1. The topological polar surface area (TPSA) is 81.1 Å². The van der Waals surface area contributed by atoms with Gasteiger partial charge in [0.25, 0.3) is 5.69 Å². The van der Waals surface area contributed by atoms with E-state index in [1.165, 1.54) is 12.1 Å². The number of nitro groups is 1. The van der Waals surface area contributed by atoms with Crippen LogP contribution in [0.1, 0.15) is 41.3 Å². The van der Waals surface area contributed by atoms with Gasteiger partial charge in [0.2, 0.25) is 6.23 Å². The van der Waals surface area contributed by atoms with Gasteiger partial charge in [-0.2, -0.15) is 5.10 Å². The van der Waals surface area contributed by atoms with Crippen LogP contribution in [0.5, 0.6) is 5.75 Å². The summed E-state index contributed by atoms with van der Waals surface area (Å²) in [5.74, 6) is 2.36. The molecule has 0 N–H and O–H groups in total. The van der Waals surface area contributed by atoms with Gasteiger partial charge in [-0.15, -0.1) is 0 Å². The molecule has 2 aromatic carbocycles. The second kappa shape index (κ2) is 6.73. The van der Waals surface area contributed by atoms with Crippen molar-refractivity contribution in [2.45, 2.75) is 25.6 Å². The molecule has 3 aromatic rings. The largest absolute Gasteiger partial charge is 0.464 e. The van der Waals surface area contributed by atoms with Crippen molar-refractivity contribution in [2.24, 2.45) is 5.10 Å². The third-order valence-electron chi connectivity index (χ3n) is 5.17. The van der Waals surface area contributed by atoms with E-state index in [1.54, 1.807) is 12.1 Å². The molecule has 0 unspecified atom stereocenters. The number of rotatable bonds is 3. The predicted molar refractivity (Wildman–Crippen MR) is 110 cm³/mol. The zero-order chi connectivity index (χ0) is 20.1. The lowest BCUT2D eigenvalue weighted by atomic mass is 9.97. The summed E-state index contributed by atoms with van der Waals surface area (Å²) in [4.78, 5) is 10.6. The van der Waals surface area contributed by atoms with Gasteiger partial charge in [0.05, 0.1) is 11.0 Å². The van der Waals surface area contributed by atoms with Crippen LogP contribution in [0.4, 0.5) is 5.69 Å². The number of non-ortho nitro benzene ring substituents is 1. The van der Waals surface area contributed by atoms with Gasteiger partial charge >= 0.3 is 0 Å². The number of halogens is 1. The highest BCUT2D eigenvalue weighted by Gasteiger charge is 2.41. The van der Waals surface area contributed by atoms with E-state index in [-0.39, 0.29) is 11.7 Å². The minimum Gasteiger partial charge on any atom is -0.464 e. The predicted octanol–water partition coefficient (Wildman–Crippen LogP) is 5.50. The second-order valence-corrected chi connectivity index (χ2v) is 7.97. The molecule has 2 aliphatic rings. The average Bonchev–Trinajstić information content (AvgIpc) is 3.34. The number of aryl methyl sites for hydroxylation is 1. The highest BCUT2D eigenvalue weighted by Crippen LogP contribution is 2.48. The van der Waals surface area contributed by atoms with Crippen LogP contribution in [0.25, 0.3) is 0 Å². The van der Waals surface area contributed by atoms with E-state index in [2.05, 4.69) is 15.9 Å². The molecule has 0 amide bonds. The molecule has 2 aliphatic heterocycles. The van der Waals surface area contributed by atoms with Crippen LogP contribution in [0.2, 0.25) is 0 Å². The van der Waals surface area contributed by atoms with Crippen molar-refractivity contribution in [1.29, 1.82) is 0 Å². The second-order valence-electron chi connectivity index (χ2n) is 7.06. The summed E-state index contributed by atoms with van der Waals surface area (Å²) in [6, 6.07) is 16.2. The molecule has 7 nitrogen and oxygen atoms in total. The number of hydrogen-bond acceptors (Lipinski definition) is 6. The third-order valence-corrected chi connectivity index (χ3v) is 5.66. The minimum atomic E-state index is -0.483. The molecule has 0 saturated heterocycles. The Bertz CT molecular complexity index is 1140. The van der Waals surface area contributed by atoms with Crippen molar-refractivity contribution in [1.82, 2.24) is 5.01 Å². The molecule has 2 atom stereocenters. The minimum absolute atomic E-state index is 0.0168. The Morgan fingerprint density at radius 1 is 1.17 bits per heavy atom. The smallest absolute Gasteiger partial charge is 0.269 e. The zero-order valence-corrected chi connectivity index (χ0v) is 17.0. The van der Waals surface area contributed by atoms with Crippen LogP contribution in [-0.2, 0) is 0 Å². The number of hydrogen-bond donors (Lipinski definition) is 0. The quantitative estimate of drug-likeness (QED) is 0.386. The first-order valence-corrected chi connectivity index (χ1v) is 9.92. The number of nitro benzene ring substituents is 1. The standard InChI is InChI=1S/C21H16BrN3O4/c1-12-2-8-20(28-12)17-11-18-16-10-14(22)5-9-19(16)29-21(24(18)23-17)13-3-6-15(7-4-13)25(26)27/h2-10,18,21H,11H2,1H3/t18-,21-/m1/s1. The first-order chi connectivity index (χ1) is 14.0. The molecular weight excluding hydrogens is 438 g/mol. The summed E-state index contributed by atoms with van der Waals surface area (Å²) in [5, 5.41) is 17.7. The molecule has 29 heavy (non-hydrogen) atoms. The summed E-state index contributed by atoms with van der Waals surface area (Å²) < 4.78 is 13.0. The van der Waals surface area contributed by atoms with E-state index in [4.69, 9.17) is 14.3 Å². The van der Waals surface area contributed by atoms with Gasteiger partial charge in [-0.3, -0.25) is 10.1 Å². The molecule has 5 rings (SSSR count). The zero-order valence-electron chi connectivity index (χ0n) is 15.4. The number of benzene rings is 2. The van der Waals surface area contributed by atoms with Gasteiger partial charge in [-0.1, -0.05) is 15.9 Å². The van der Waals surface area contributed by atoms with Gasteiger partial charge < -0.3 is 9.15 Å². The van der Waals surface area contributed by atoms with E-state index in [0.29, 0.717) is 6.42 Å². The molecule has 1 aromatic heterocycles. The Balaban J connectivity index is 1.58. The van der Waals surface area contributed by atoms with Gasteiger partial charge in [0, 0.05) is 34.2 Å². The van der Waals surface area contributed by atoms with Gasteiger partial charge in [0.1, 0.15) is 23.0 Å². The van der Waals surface area contributed by atoms with Crippen LogP contribution >= 0.6 is 15.9 Å². The van der Waals surface area contributed by atoms with E-state index < -0.39 is 11.2 Å². The summed E-state index contributed by atoms with van der Waals surface area (Å²) >= 11 is 3.54. The van der Waals surface area contributed by atoms with Crippen LogP contribution in [-0.4, -0.2) is 15.6 Å². The molecule has 8 heteroatoms. The lowest BCUT2D eigenvalue weighted by molar-refractivity contribution is -0.384. The fourth-order valence-electron chi connectivity index (χ4n) is 3.78. The molecule has 0 fully saturated rings. The van der Waals surface area contributed by atoms with Crippen LogP contribution in [0.3, 0.4) is 0 Å². The lowest BCUT2D eigenvalue weighted by Gasteiger charge is -2.38.